The lowest BCUT2D eigenvalue weighted by Crippen LogP contribution is -1.93. The molecule has 0 atom stereocenters. The van der Waals surface area contributed by atoms with Gasteiger partial charge in [0.25, 0.3) is 0 Å². The van der Waals surface area contributed by atoms with E-state index in [9.17, 15) is 0 Å². The van der Waals surface area contributed by atoms with Crippen LogP contribution in [0, 0.1) is 0 Å². The summed E-state index contributed by atoms with van der Waals surface area (Å²) in [6, 6.07) is 39.6. The van der Waals surface area contributed by atoms with E-state index in [4.69, 9.17) is 4.99 Å². The van der Waals surface area contributed by atoms with Gasteiger partial charge in [0.05, 0.1) is 5.69 Å². The fraction of sp³-hybridized carbons (Fsp3) is 0.0488. The summed E-state index contributed by atoms with van der Waals surface area (Å²) >= 11 is 0. The summed E-state index contributed by atoms with van der Waals surface area (Å²) in [4.78, 5) is 13.4. The van der Waals surface area contributed by atoms with Gasteiger partial charge < -0.3 is 0 Å². The van der Waals surface area contributed by atoms with Gasteiger partial charge in [-0.2, -0.15) is 0 Å². The molecule has 0 saturated carbocycles. The molecule has 0 fully saturated rings. The number of hydrogen-bond acceptors (Lipinski definition) is 3. The first kappa shape index (κ1) is 26.0. The molecule has 0 N–H and O–H groups in total. The van der Waals surface area contributed by atoms with Gasteiger partial charge in [-0.25, -0.2) is 0 Å². The van der Waals surface area contributed by atoms with Crippen molar-refractivity contribution < 1.29 is 0 Å². The third-order valence-electron chi connectivity index (χ3n) is 8.58. The van der Waals surface area contributed by atoms with Gasteiger partial charge in [-0.15, -0.1) is 0 Å². The van der Waals surface area contributed by atoms with E-state index < -0.39 is 0 Å². The van der Waals surface area contributed by atoms with Crippen LogP contribution in [0.15, 0.2) is 151 Å². The molecule has 7 aromatic rings. The Morgan fingerprint density at radius 2 is 1.02 bits per heavy atom. The second-order valence-electron chi connectivity index (χ2n) is 11.2. The van der Waals surface area contributed by atoms with Crippen LogP contribution in [-0.2, 0) is 6.42 Å². The van der Waals surface area contributed by atoms with Crippen molar-refractivity contribution in [3.05, 3.63) is 152 Å². The molecule has 3 heterocycles. The summed E-state index contributed by atoms with van der Waals surface area (Å²) in [6.45, 7) is 0. The molecule has 0 saturated heterocycles. The van der Waals surface area contributed by atoms with E-state index in [0.717, 1.165) is 40.8 Å². The number of rotatable bonds is 4. The zero-order chi connectivity index (χ0) is 29.3. The fourth-order valence-corrected chi connectivity index (χ4v) is 6.42. The minimum absolute atomic E-state index is 0.979. The third-order valence-corrected chi connectivity index (χ3v) is 8.58. The summed E-state index contributed by atoms with van der Waals surface area (Å²) in [5.41, 5.74) is 11.8. The smallest absolute Gasteiger partial charge is 0.0746 e. The van der Waals surface area contributed by atoms with E-state index in [1.165, 1.54) is 49.4 Å². The lowest BCUT2D eigenvalue weighted by molar-refractivity contribution is 1.01. The normalized spacial score (nSPS) is 13.4. The Morgan fingerprint density at radius 3 is 1.73 bits per heavy atom. The van der Waals surface area contributed by atoms with Gasteiger partial charge in [-0.05, 0) is 140 Å². The van der Waals surface area contributed by atoms with Crippen LogP contribution in [0.4, 0.5) is 5.69 Å². The number of allylic oxidation sites excluding steroid dienone is 2. The van der Waals surface area contributed by atoms with Crippen LogP contribution in [0.25, 0.3) is 66.1 Å². The van der Waals surface area contributed by atoms with Gasteiger partial charge in [0, 0.05) is 36.4 Å². The predicted molar refractivity (Wildman–Crippen MR) is 184 cm³/mol. The molecule has 3 heteroatoms. The van der Waals surface area contributed by atoms with Crippen molar-refractivity contribution in [3.8, 4) is 44.5 Å². The van der Waals surface area contributed by atoms with E-state index in [1.54, 1.807) is 0 Å². The molecule has 2 aromatic heterocycles. The Morgan fingerprint density at radius 1 is 0.432 bits per heavy atom. The summed E-state index contributed by atoms with van der Waals surface area (Å²) in [6.07, 6.45) is 15.6. The number of fused-ring (bicyclic) bond motifs is 6. The lowest BCUT2D eigenvalue weighted by atomic mass is 9.89. The highest BCUT2D eigenvalue weighted by Gasteiger charge is 2.15. The zero-order valence-electron chi connectivity index (χ0n) is 24.2. The molecule has 0 radical (unpaired) electrons. The first-order valence-electron chi connectivity index (χ1n) is 15.0. The number of aromatic nitrogens is 2. The zero-order valence-corrected chi connectivity index (χ0v) is 24.2. The van der Waals surface area contributed by atoms with Gasteiger partial charge in [0.2, 0.25) is 0 Å². The molecule has 0 unspecified atom stereocenters. The molecule has 0 aliphatic carbocycles. The molecular formula is C41H29N3. The first-order valence-corrected chi connectivity index (χ1v) is 15.0. The largest absolute Gasteiger partial charge is 0.265 e. The SMILES string of the molecule is C1=Nc2c(c3ccc(-c4cccc(-c5cc(-c6ccncc6)cc(-c6ccncc6)c5)c4)cc3c3ccccc23)CC/C=C\1. The quantitative estimate of drug-likeness (QED) is 0.200. The number of benzene rings is 5. The van der Waals surface area contributed by atoms with Crippen LogP contribution >= 0.6 is 0 Å². The van der Waals surface area contributed by atoms with Gasteiger partial charge in [-0.1, -0.05) is 60.7 Å². The lowest BCUT2D eigenvalue weighted by Gasteiger charge is -2.16. The van der Waals surface area contributed by atoms with Gasteiger partial charge >= 0.3 is 0 Å². The summed E-state index contributed by atoms with van der Waals surface area (Å²) in [5, 5.41) is 5.02. The van der Waals surface area contributed by atoms with Crippen LogP contribution < -0.4 is 0 Å². The highest BCUT2D eigenvalue weighted by atomic mass is 14.7. The molecule has 0 spiro atoms. The predicted octanol–water partition coefficient (Wildman–Crippen LogP) is 10.7. The van der Waals surface area contributed by atoms with E-state index >= 15 is 0 Å². The molecule has 0 bridgehead atoms. The average molecular weight is 564 g/mol. The summed E-state index contributed by atoms with van der Waals surface area (Å²) in [7, 11) is 0. The molecule has 44 heavy (non-hydrogen) atoms. The standard InChI is InChI=1S/C41H29N3/c1-2-10-39-37-13-12-32(27-40(37)36-9-3-4-11-38(36)41(39)44-18-5-1)30-7-6-8-31(23-30)35-25-33(28-14-19-42-20-15-28)24-34(26-35)29-16-21-43-22-17-29/h1,3-9,11-27H,2,10H2/b5-1-,44-18?. The number of aryl methyl sites for hydroxylation is 1. The van der Waals surface area contributed by atoms with E-state index in [-0.39, 0.29) is 0 Å². The number of nitrogens with zero attached hydrogens (tertiary/aromatic N) is 3. The topological polar surface area (TPSA) is 38.1 Å². The summed E-state index contributed by atoms with van der Waals surface area (Å²) < 4.78 is 0. The molecule has 1 aliphatic heterocycles. The number of pyridine rings is 2. The van der Waals surface area contributed by atoms with Crippen molar-refractivity contribution in [2.45, 2.75) is 12.8 Å². The molecule has 5 aromatic carbocycles. The van der Waals surface area contributed by atoms with Crippen LogP contribution in [0.2, 0.25) is 0 Å². The van der Waals surface area contributed by atoms with E-state index in [2.05, 4.69) is 131 Å². The Hall–Kier alpha value is -5.67. The number of hydrogen-bond donors (Lipinski definition) is 0. The minimum atomic E-state index is 0.979. The molecule has 3 nitrogen and oxygen atoms in total. The van der Waals surface area contributed by atoms with Crippen LogP contribution in [0.3, 0.4) is 0 Å². The van der Waals surface area contributed by atoms with Crippen LogP contribution in [0.1, 0.15) is 12.0 Å². The van der Waals surface area contributed by atoms with Crippen molar-refractivity contribution in [3.63, 3.8) is 0 Å². The molecule has 8 rings (SSSR count). The van der Waals surface area contributed by atoms with E-state index in [1.807, 2.05) is 31.0 Å². The first-order chi connectivity index (χ1) is 21.8. The molecular weight excluding hydrogens is 534 g/mol. The minimum Gasteiger partial charge on any atom is -0.265 e. The maximum absolute atomic E-state index is 4.89. The average Bonchev–Trinajstić information content (AvgIpc) is 3.09. The number of aliphatic imine (C=N–C) groups is 1. The Kier molecular flexibility index (Phi) is 6.62. The van der Waals surface area contributed by atoms with E-state index in [0.29, 0.717) is 0 Å². The van der Waals surface area contributed by atoms with Gasteiger partial charge in [0.15, 0.2) is 0 Å². The molecule has 208 valence electrons. The Bertz CT molecular complexity index is 2160. The Balaban J connectivity index is 1.28. The second-order valence-corrected chi connectivity index (χ2v) is 11.2. The van der Waals surface area contributed by atoms with Gasteiger partial charge in [-0.3, -0.25) is 15.0 Å². The van der Waals surface area contributed by atoms with Gasteiger partial charge in [0.1, 0.15) is 0 Å². The molecule has 1 aliphatic rings. The van der Waals surface area contributed by atoms with Crippen LogP contribution in [0.5, 0.6) is 0 Å². The fourth-order valence-electron chi connectivity index (χ4n) is 6.42. The molecule has 0 amide bonds. The van der Waals surface area contributed by atoms with Crippen molar-refractivity contribution in [2.75, 3.05) is 0 Å². The van der Waals surface area contributed by atoms with Crippen LogP contribution in [-0.4, -0.2) is 16.2 Å². The van der Waals surface area contributed by atoms with Crippen molar-refractivity contribution in [1.82, 2.24) is 9.97 Å². The second kappa shape index (κ2) is 11.2. The maximum Gasteiger partial charge on any atom is 0.0746 e. The maximum atomic E-state index is 4.89. The van der Waals surface area contributed by atoms with Crippen molar-refractivity contribution in [2.24, 2.45) is 4.99 Å². The van der Waals surface area contributed by atoms with Crippen molar-refractivity contribution in [1.29, 1.82) is 0 Å². The highest BCUT2D eigenvalue weighted by Crippen LogP contribution is 2.41. The monoisotopic (exact) mass is 563 g/mol. The third kappa shape index (κ3) is 4.79. The summed E-state index contributed by atoms with van der Waals surface area (Å²) in [5.74, 6) is 0. The van der Waals surface area contributed by atoms with Crippen molar-refractivity contribution >= 4 is 33.4 Å². The Labute approximate surface area is 256 Å². The highest BCUT2D eigenvalue weighted by molar-refractivity contribution is 6.15.